The highest BCUT2D eigenvalue weighted by Gasteiger charge is 2.17. The molecule has 2 heterocycles. The second-order valence-corrected chi connectivity index (χ2v) is 4.19. The van der Waals surface area contributed by atoms with E-state index in [4.69, 9.17) is 6.42 Å². The van der Waals surface area contributed by atoms with Crippen LogP contribution in [-0.2, 0) is 0 Å². The number of thiazole rings is 1. The van der Waals surface area contributed by atoms with Crippen LogP contribution in [0.5, 0.6) is 0 Å². The van der Waals surface area contributed by atoms with Gasteiger partial charge in [-0.15, -0.1) is 17.8 Å². The molecule has 1 aliphatic heterocycles. The normalized spacial score (nSPS) is 22.5. The van der Waals surface area contributed by atoms with Gasteiger partial charge in [0, 0.05) is 17.6 Å². The maximum atomic E-state index is 5.26. The third kappa shape index (κ3) is 1.90. The number of aromatic nitrogens is 1. The zero-order valence-electron chi connectivity index (χ0n) is 7.36. The van der Waals surface area contributed by atoms with Crippen LogP contribution in [0.15, 0.2) is 6.20 Å². The Morgan fingerprint density at radius 2 is 2.46 bits per heavy atom. The standard InChI is InChI=1S/C10H11N2S/c1-2-10-12-7-9(13-10)8-5-3-4-6-11-8/h1,7-8H,3-6H2. The van der Waals surface area contributed by atoms with Crippen molar-refractivity contribution in [1.29, 1.82) is 0 Å². The molecule has 1 aromatic heterocycles. The summed E-state index contributed by atoms with van der Waals surface area (Å²) >= 11 is 1.60. The van der Waals surface area contributed by atoms with Gasteiger partial charge in [0.1, 0.15) is 0 Å². The van der Waals surface area contributed by atoms with Crippen molar-refractivity contribution in [3.63, 3.8) is 0 Å². The first-order valence-electron chi connectivity index (χ1n) is 4.49. The molecule has 1 radical (unpaired) electrons. The summed E-state index contributed by atoms with van der Waals surface area (Å²) in [5, 5.41) is 5.32. The van der Waals surface area contributed by atoms with Gasteiger partial charge in [0.25, 0.3) is 0 Å². The van der Waals surface area contributed by atoms with E-state index in [1.807, 2.05) is 6.20 Å². The van der Waals surface area contributed by atoms with Gasteiger partial charge in [-0.25, -0.2) is 10.3 Å². The first kappa shape index (κ1) is 8.74. The van der Waals surface area contributed by atoms with E-state index in [0.717, 1.165) is 18.0 Å². The van der Waals surface area contributed by atoms with Gasteiger partial charge in [-0.05, 0) is 18.8 Å². The first-order chi connectivity index (χ1) is 6.40. The lowest BCUT2D eigenvalue weighted by Gasteiger charge is -2.19. The maximum absolute atomic E-state index is 5.26. The first-order valence-corrected chi connectivity index (χ1v) is 5.31. The Morgan fingerprint density at radius 3 is 3.08 bits per heavy atom. The predicted octanol–water partition coefficient (Wildman–Crippen LogP) is 1.95. The number of hydrogen-bond donors (Lipinski definition) is 0. The molecule has 0 aromatic carbocycles. The van der Waals surface area contributed by atoms with Crippen molar-refractivity contribution in [3.8, 4) is 12.3 Å². The van der Waals surface area contributed by atoms with Crippen LogP contribution in [-0.4, -0.2) is 11.5 Å². The number of hydrogen-bond acceptors (Lipinski definition) is 2. The highest BCUT2D eigenvalue weighted by Crippen LogP contribution is 2.28. The van der Waals surface area contributed by atoms with Crippen LogP contribution in [0.3, 0.4) is 0 Å². The maximum Gasteiger partial charge on any atom is 0.166 e. The molecule has 1 saturated heterocycles. The number of terminal acetylenes is 1. The van der Waals surface area contributed by atoms with Gasteiger partial charge in [0.05, 0.1) is 6.04 Å². The smallest absolute Gasteiger partial charge is 0.166 e. The summed E-state index contributed by atoms with van der Waals surface area (Å²) in [7, 11) is 0. The van der Waals surface area contributed by atoms with Crippen molar-refractivity contribution >= 4 is 11.3 Å². The fourth-order valence-electron chi connectivity index (χ4n) is 1.53. The van der Waals surface area contributed by atoms with Crippen LogP contribution in [0.1, 0.15) is 35.2 Å². The topological polar surface area (TPSA) is 27.0 Å². The van der Waals surface area contributed by atoms with Crippen molar-refractivity contribution in [3.05, 3.63) is 16.1 Å². The minimum atomic E-state index is 0.369. The molecule has 0 amide bonds. The second kappa shape index (κ2) is 3.91. The zero-order valence-corrected chi connectivity index (χ0v) is 8.18. The van der Waals surface area contributed by atoms with E-state index in [2.05, 4.69) is 16.2 Å². The summed E-state index contributed by atoms with van der Waals surface area (Å²) in [6, 6.07) is 0.369. The van der Waals surface area contributed by atoms with Crippen LogP contribution in [0.25, 0.3) is 0 Å². The van der Waals surface area contributed by atoms with Crippen LogP contribution in [0.2, 0.25) is 0 Å². The molecule has 0 aliphatic carbocycles. The van der Waals surface area contributed by atoms with E-state index in [1.54, 1.807) is 11.3 Å². The third-order valence-corrected chi connectivity index (χ3v) is 3.24. The monoisotopic (exact) mass is 191 g/mol. The Morgan fingerprint density at radius 1 is 1.54 bits per heavy atom. The summed E-state index contributed by atoms with van der Waals surface area (Å²) in [5.41, 5.74) is 0. The lowest BCUT2D eigenvalue weighted by Crippen LogP contribution is -2.19. The predicted molar refractivity (Wildman–Crippen MR) is 53.6 cm³/mol. The summed E-state index contributed by atoms with van der Waals surface area (Å²) in [6.07, 6.45) is 10.8. The molecular weight excluding hydrogens is 180 g/mol. The SMILES string of the molecule is C#Cc1ncc(C2CCCC[N]2)s1. The van der Waals surface area contributed by atoms with Gasteiger partial charge in [0.2, 0.25) is 0 Å². The molecule has 13 heavy (non-hydrogen) atoms. The summed E-state index contributed by atoms with van der Waals surface area (Å²) < 4.78 is 0. The average Bonchev–Trinajstić information content (AvgIpc) is 2.67. The van der Waals surface area contributed by atoms with Gasteiger partial charge in [-0.3, -0.25) is 0 Å². The lowest BCUT2D eigenvalue weighted by atomic mass is 10.0. The van der Waals surface area contributed by atoms with E-state index in [1.165, 1.54) is 17.7 Å². The highest BCUT2D eigenvalue weighted by molar-refractivity contribution is 7.12. The molecule has 1 aromatic rings. The lowest BCUT2D eigenvalue weighted by molar-refractivity contribution is 0.408. The van der Waals surface area contributed by atoms with Gasteiger partial charge < -0.3 is 0 Å². The minimum absolute atomic E-state index is 0.369. The molecule has 1 fully saturated rings. The summed E-state index contributed by atoms with van der Waals surface area (Å²) in [6.45, 7) is 0.994. The zero-order chi connectivity index (χ0) is 9.10. The van der Waals surface area contributed by atoms with Crippen LogP contribution in [0.4, 0.5) is 0 Å². The number of nitrogens with zero attached hydrogens (tertiary/aromatic N) is 2. The van der Waals surface area contributed by atoms with Gasteiger partial charge >= 0.3 is 0 Å². The van der Waals surface area contributed by atoms with Gasteiger partial charge in [-0.1, -0.05) is 6.42 Å². The molecule has 0 bridgehead atoms. The van der Waals surface area contributed by atoms with Crippen molar-refractivity contribution in [1.82, 2.24) is 10.3 Å². The van der Waals surface area contributed by atoms with E-state index < -0.39 is 0 Å². The quantitative estimate of drug-likeness (QED) is 0.623. The Kier molecular flexibility index (Phi) is 2.62. The highest BCUT2D eigenvalue weighted by atomic mass is 32.1. The van der Waals surface area contributed by atoms with Gasteiger partial charge in [0.15, 0.2) is 5.01 Å². The molecule has 0 saturated carbocycles. The summed E-state index contributed by atoms with van der Waals surface area (Å²) in [5.74, 6) is 2.55. The van der Waals surface area contributed by atoms with Gasteiger partial charge in [-0.2, -0.15) is 0 Å². The molecule has 67 valence electrons. The van der Waals surface area contributed by atoms with E-state index in [9.17, 15) is 0 Å². The van der Waals surface area contributed by atoms with E-state index >= 15 is 0 Å². The molecule has 0 spiro atoms. The Bertz CT molecular complexity index is 318. The number of rotatable bonds is 1. The molecule has 3 heteroatoms. The number of piperidine rings is 1. The van der Waals surface area contributed by atoms with Crippen LogP contribution >= 0.6 is 11.3 Å². The second-order valence-electron chi connectivity index (χ2n) is 3.13. The van der Waals surface area contributed by atoms with Crippen LogP contribution < -0.4 is 5.32 Å². The Labute approximate surface area is 82.4 Å². The Hall–Kier alpha value is -0.850. The Balaban J connectivity index is 2.11. The molecule has 1 aliphatic rings. The summed E-state index contributed by atoms with van der Waals surface area (Å²) in [4.78, 5) is 5.36. The molecule has 1 unspecified atom stereocenters. The largest absolute Gasteiger partial charge is 0.236 e. The molecule has 2 rings (SSSR count). The molecule has 0 N–H and O–H groups in total. The van der Waals surface area contributed by atoms with Crippen molar-refractivity contribution in [2.24, 2.45) is 0 Å². The fraction of sp³-hybridized carbons (Fsp3) is 0.500. The van der Waals surface area contributed by atoms with E-state index in [-0.39, 0.29) is 0 Å². The van der Waals surface area contributed by atoms with E-state index in [0.29, 0.717) is 6.04 Å². The average molecular weight is 191 g/mol. The van der Waals surface area contributed by atoms with Crippen molar-refractivity contribution in [2.75, 3.05) is 6.54 Å². The minimum Gasteiger partial charge on any atom is -0.236 e. The molecular formula is C10H11N2S. The third-order valence-electron chi connectivity index (χ3n) is 2.21. The fourth-order valence-corrected chi connectivity index (χ4v) is 2.35. The van der Waals surface area contributed by atoms with Crippen molar-refractivity contribution < 1.29 is 0 Å². The molecule has 2 nitrogen and oxygen atoms in total. The van der Waals surface area contributed by atoms with Crippen LogP contribution in [0, 0.1) is 12.3 Å². The molecule has 1 atom stereocenters. The van der Waals surface area contributed by atoms with Crippen molar-refractivity contribution in [2.45, 2.75) is 25.3 Å².